The van der Waals surface area contributed by atoms with Gasteiger partial charge in [-0.3, -0.25) is 4.79 Å². The van der Waals surface area contributed by atoms with Gasteiger partial charge in [0.25, 0.3) is 5.56 Å². The number of benzene rings is 2. The second kappa shape index (κ2) is 7.53. The molecule has 4 aromatic rings. The van der Waals surface area contributed by atoms with Gasteiger partial charge in [0, 0.05) is 20.8 Å². The van der Waals surface area contributed by atoms with Gasteiger partial charge < -0.3 is 20.1 Å². The fourth-order valence-corrected chi connectivity index (χ4v) is 4.83. The smallest absolute Gasteiger partial charge is 0.405 e. The maximum absolute atomic E-state index is 12.5. The number of halogens is 1. The summed E-state index contributed by atoms with van der Waals surface area (Å²) in [6.07, 6.45) is -1.06. The number of nitrogens with one attached hydrogen (secondary N) is 2. The molecule has 0 bridgehead atoms. The Kier molecular flexibility index (Phi) is 5.06. The van der Waals surface area contributed by atoms with Crippen molar-refractivity contribution in [3.8, 4) is 16.9 Å². The summed E-state index contributed by atoms with van der Waals surface area (Å²) in [5, 5.41) is 15.1. The van der Waals surface area contributed by atoms with Crippen molar-refractivity contribution in [3.05, 3.63) is 62.2 Å². The molecule has 0 saturated heterocycles. The van der Waals surface area contributed by atoms with E-state index in [1.165, 1.54) is 11.3 Å². The molecule has 4 rings (SSSR count). The molecule has 0 spiro atoms. The number of amides is 1. The molecule has 29 heavy (non-hydrogen) atoms. The van der Waals surface area contributed by atoms with Crippen LogP contribution in [0.25, 0.3) is 32.1 Å². The molecule has 2 aromatic carbocycles. The van der Waals surface area contributed by atoms with Crippen molar-refractivity contribution in [1.82, 2.24) is 10.3 Å². The minimum atomic E-state index is -1.06. The number of methoxy groups -OCH3 is 1. The summed E-state index contributed by atoms with van der Waals surface area (Å²) in [5.74, 6) is 0.674. The number of H-pyrrole nitrogens is 1. The van der Waals surface area contributed by atoms with E-state index in [-0.39, 0.29) is 11.6 Å². The Morgan fingerprint density at radius 1 is 1.28 bits per heavy atom. The first-order valence-corrected chi connectivity index (χ1v) is 10.5. The monoisotopic (exact) mass is 472 g/mol. The molecule has 2 aromatic heterocycles. The number of carboxylic acid groups (broad SMARTS) is 1. The minimum Gasteiger partial charge on any atom is -0.496 e. The van der Waals surface area contributed by atoms with Crippen LogP contribution < -0.4 is 15.6 Å². The highest BCUT2D eigenvalue weighted by molar-refractivity contribution is 9.10. The quantitative estimate of drug-likeness (QED) is 0.365. The zero-order chi connectivity index (χ0) is 20.7. The lowest BCUT2D eigenvalue weighted by Crippen LogP contribution is -2.24. The Balaban J connectivity index is 1.98. The van der Waals surface area contributed by atoms with Crippen LogP contribution in [0.1, 0.15) is 18.5 Å². The first-order valence-electron chi connectivity index (χ1n) is 8.80. The third-order valence-corrected chi connectivity index (χ3v) is 6.42. The number of pyridine rings is 1. The Morgan fingerprint density at radius 3 is 2.66 bits per heavy atom. The highest BCUT2D eigenvalue weighted by Crippen LogP contribution is 2.43. The molecule has 8 heteroatoms. The Morgan fingerprint density at radius 2 is 2.00 bits per heavy atom. The molecular formula is C21H17BrN2O4S. The molecule has 0 radical (unpaired) electrons. The lowest BCUT2D eigenvalue weighted by Gasteiger charge is -2.16. The van der Waals surface area contributed by atoms with Crippen LogP contribution in [-0.4, -0.2) is 23.3 Å². The summed E-state index contributed by atoms with van der Waals surface area (Å²) in [6.45, 7) is 1.79. The molecule has 2 heterocycles. The van der Waals surface area contributed by atoms with Crippen molar-refractivity contribution in [1.29, 1.82) is 0 Å². The summed E-state index contributed by atoms with van der Waals surface area (Å²) in [4.78, 5) is 26.3. The van der Waals surface area contributed by atoms with Crippen LogP contribution >= 0.6 is 27.3 Å². The Hall–Kier alpha value is -2.84. The molecule has 0 aliphatic rings. The van der Waals surface area contributed by atoms with Gasteiger partial charge >= 0.3 is 6.09 Å². The third kappa shape index (κ3) is 3.38. The molecule has 0 aliphatic carbocycles. The van der Waals surface area contributed by atoms with Crippen LogP contribution in [0.5, 0.6) is 5.75 Å². The molecule has 148 valence electrons. The van der Waals surface area contributed by atoms with Crippen LogP contribution in [0.2, 0.25) is 0 Å². The third-order valence-electron chi connectivity index (χ3n) is 4.88. The van der Waals surface area contributed by atoms with Gasteiger partial charge in [0.2, 0.25) is 0 Å². The van der Waals surface area contributed by atoms with Crippen molar-refractivity contribution in [2.75, 3.05) is 7.11 Å². The largest absolute Gasteiger partial charge is 0.496 e. The molecule has 0 aliphatic heterocycles. The zero-order valence-corrected chi connectivity index (χ0v) is 18.0. The number of fused-ring (bicyclic) bond motifs is 3. The van der Waals surface area contributed by atoms with Crippen molar-refractivity contribution in [2.45, 2.75) is 13.0 Å². The highest BCUT2D eigenvalue weighted by atomic mass is 79.9. The molecule has 3 N–H and O–H groups in total. The number of thiophene rings is 1. The van der Waals surface area contributed by atoms with E-state index >= 15 is 0 Å². The SMILES string of the molecule is COc1cc(Br)c2[nH]c(=O)c3sccc3c2c1-c1ccc(C(C)NC(=O)O)cc1. The minimum absolute atomic E-state index is 0.122. The number of rotatable bonds is 4. The van der Waals surface area contributed by atoms with E-state index in [0.717, 1.165) is 31.9 Å². The van der Waals surface area contributed by atoms with E-state index < -0.39 is 6.09 Å². The van der Waals surface area contributed by atoms with E-state index in [2.05, 4.69) is 26.2 Å². The van der Waals surface area contributed by atoms with Crippen LogP contribution in [0.4, 0.5) is 4.79 Å². The van der Waals surface area contributed by atoms with E-state index in [4.69, 9.17) is 9.84 Å². The van der Waals surface area contributed by atoms with Gasteiger partial charge in [0.1, 0.15) is 10.4 Å². The number of hydrogen-bond donors (Lipinski definition) is 3. The summed E-state index contributed by atoms with van der Waals surface area (Å²) < 4.78 is 7.07. The van der Waals surface area contributed by atoms with Crippen LogP contribution in [0.15, 0.2) is 51.0 Å². The maximum atomic E-state index is 12.5. The molecule has 0 fully saturated rings. The molecule has 1 unspecified atom stereocenters. The van der Waals surface area contributed by atoms with E-state index in [1.807, 2.05) is 41.8 Å². The lowest BCUT2D eigenvalue weighted by atomic mass is 9.95. The topological polar surface area (TPSA) is 91.4 Å². The fraction of sp³-hybridized carbons (Fsp3) is 0.143. The van der Waals surface area contributed by atoms with Crippen LogP contribution in [0.3, 0.4) is 0 Å². The molecule has 1 amide bonds. The average Bonchev–Trinajstić information content (AvgIpc) is 3.19. The van der Waals surface area contributed by atoms with Crippen molar-refractivity contribution >= 4 is 54.3 Å². The fourth-order valence-electron chi connectivity index (χ4n) is 3.53. The second-order valence-corrected chi connectivity index (χ2v) is 8.37. The molecule has 0 saturated carbocycles. The number of hydrogen-bond acceptors (Lipinski definition) is 4. The Bertz CT molecular complexity index is 1290. The first kappa shape index (κ1) is 19.5. The van der Waals surface area contributed by atoms with Gasteiger partial charge in [0.05, 0.1) is 18.7 Å². The average molecular weight is 473 g/mol. The summed E-state index contributed by atoms with van der Waals surface area (Å²) in [5.41, 5.74) is 3.22. The molecule has 1 atom stereocenters. The highest BCUT2D eigenvalue weighted by Gasteiger charge is 2.19. The van der Waals surface area contributed by atoms with Crippen LogP contribution in [0, 0.1) is 0 Å². The standard InChI is InChI=1S/C21H17BrN2O4S/c1-10(23-21(26)27)11-3-5-12(6-4-11)16-15(28-2)9-14(22)18-17(16)13-7-8-29-19(13)20(25)24-18/h3-10,23H,1-2H3,(H,24,25)(H,26,27). The second-order valence-electron chi connectivity index (χ2n) is 6.60. The van der Waals surface area contributed by atoms with Crippen molar-refractivity contribution < 1.29 is 14.6 Å². The lowest BCUT2D eigenvalue weighted by molar-refractivity contribution is 0.191. The summed E-state index contributed by atoms with van der Waals surface area (Å²) in [6, 6.07) is 11.1. The Labute approximate surface area is 178 Å². The van der Waals surface area contributed by atoms with E-state index in [9.17, 15) is 9.59 Å². The van der Waals surface area contributed by atoms with Gasteiger partial charge in [0.15, 0.2) is 0 Å². The first-order chi connectivity index (χ1) is 13.9. The predicted molar refractivity (Wildman–Crippen MR) is 119 cm³/mol. The van der Waals surface area contributed by atoms with Crippen molar-refractivity contribution in [2.24, 2.45) is 0 Å². The van der Waals surface area contributed by atoms with Gasteiger partial charge in [-0.2, -0.15) is 0 Å². The predicted octanol–water partition coefficient (Wildman–Crippen LogP) is 5.51. The number of ether oxygens (including phenoxy) is 1. The zero-order valence-electron chi connectivity index (χ0n) is 15.6. The van der Waals surface area contributed by atoms with Crippen LogP contribution in [-0.2, 0) is 0 Å². The molecule has 6 nitrogen and oxygen atoms in total. The van der Waals surface area contributed by atoms with Gasteiger partial charge in [-0.15, -0.1) is 11.3 Å². The van der Waals surface area contributed by atoms with E-state index in [1.54, 1.807) is 14.0 Å². The summed E-state index contributed by atoms with van der Waals surface area (Å²) in [7, 11) is 1.61. The van der Waals surface area contributed by atoms with Crippen molar-refractivity contribution in [3.63, 3.8) is 0 Å². The van der Waals surface area contributed by atoms with E-state index in [0.29, 0.717) is 16.0 Å². The number of carbonyl (C=O) groups is 1. The van der Waals surface area contributed by atoms with Gasteiger partial charge in [-0.1, -0.05) is 24.3 Å². The maximum Gasteiger partial charge on any atom is 0.405 e. The molecular weight excluding hydrogens is 456 g/mol. The normalized spacial score (nSPS) is 12.2. The number of aromatic amines is 1. The number of aromatic nitrogens is 1. The summed E-state index contributed by atoms with van der Waals surface area (Å²) >= 11 is 4.95. The van der Waals surface area contributed by atoms with Gasteiger partial charge in [-0.05, 0) is 51.5 Å². The van der Waals surface area contributed by atoms with Gasteiger partial charge in [-0.25, -0.2) is 4.79 Å².